The van der Waals surface area contributed by atoms with Crippen LogP contribution in [0.4, 0.5) is 8.78 Å². The molecule has 4 aliphatic rings. The average molecular weight is 820 g/mol. The molecule has 3 aliphatic heterocycles. The van der Waals surface area contributed by atoms with Crippen molar-refractivity contribution in [2.45, 2.75) is 82.7 Å². The number of aryl methyl sites for hydroxylation is 3. The van der Waals surface area contributed by atoms with E-state index in [1.165, 1.54) is 27.1 Å². The largest absolute Gasteiger partial charge is 0.381 e. The van der Waals surface area contributed by atoms with E-state index in [0.717, 1.165) is 42.7 Å². The fourth-order valence-corrected chi connectivity index (χ4v) is 10.5. The fraction of sp³-hybridized carbons (Fsp3) is 0.362. The Morgan fingerprint density at radius 1 is 0.967 bits per heavy atom. The van der Waals surface area contributed by atoms with E-state index in [2.05, 4.69) is 23.3 Å². The van der Waals surface area contributed by atoms with Crippen LogP contribution in [0.1, 0.15) is 95.0 Å². The Morgan fingerprint density at radius 3 is 2.46 bits per heavy atom. The van der Waals surface area contributed by atoms with Gasteiger partial charge in [0, 0.05) is 56.1 Å². The van der Waals surface area contributed by atoms with Gasteiger partial charge in [0.1, 0.15) is 17.1 Å². The second kappa shape index (κ2) is 13.5. The van der Waals surface area contributed by atoms with Gasteiger partial charge in [0.05, 0.1) is 63.1 Å². The van der Waals surface area contributed by atoms with Crippen LogP contribution in [-0.4, -0.2) is 63.7 Å². The van der Waals surface area contributed by atoms with Crippen LogP contribution in [0.2, 0.25) is 0 Å². The summed E-state index contributed by atoms with van der Waals surface area (Å²) >= 11 is 0. The predicted octanol–water partition coefficient (Wildman–Crippen LogP) is 7.74. The molecule has 3 aromatic carbocycles. The number of nitrogens with zero attached hydrogens (tertiary/aromatic N) is 9. The minimum atomic E-state index is -0.882. The molecule has 11 rings (SSSR count). The molecular weight excluding hydrogens is 777 g/mol. The molecular formula is C47H43F2N9O3. The third-order valence-electron chi connectivity index (χ3n) is 13.9. The zero-order chi connectivity index (χ0) is 42.1. The predicted molar refractivity (Wildman–Crippen MR) is 223 cm³/mol. The normalized spacial score (nSPS) is 22.2. The minimum Gasteiger partial charge on any atom is -0.381 e. The van der Waals surface area contributed by atoms with Crippen molar-refractivity contribution in [3.8, 4) is 23.3 Å². The van der Waals surface area contributed by atoms with Gasteiger partial charge in [-0.25, -0.2) is 18.3 Å². The van der Waals surface area contributed by atoms with E-state index in [1.54, 1.807) is 60.7 Å². The summed E-state index contributed by atoms with van der Waals surface area (Å²) in [6, 6.07) is 16.7. The van der Waals surface area contributed by atoms with Gasteiger partial charge in [-0.05, 0) is 111 Å². The molecule has 7 aromatic rings. The lowest BCUT2D eigenvalue weighted by molar-refractivity contribution is 0.0643. The van der Waals surface area contributed by atoms with Crippen LogP contribution in [0.3, 0.4) is 0 Å². The van der Waals surface area contributed by atoms with Gasteiger partial charge in [-0.1, -0.05) is 19.1 Å². The Balaban J connectivity index is 1.06. The standard InChI is InChI=1S/C47H43F2N9O3/c1-25-17-32(18-26(2)41(25)48)58-44(56-14-13-55(46(56)60)39-10-9-37-34(42(39)49)23-51-54(37)4)40-36(53-58)21-31-7-8-38(40)57(31)45(59)33-19-30-6-5-29(28-11-15-61-16-12-28)20-35(30)52-43(33)47(24-50)22-27(47)3/h5-6,9-10,13-14,17-20,23,27-28,31,38H,7-8,11-12,15-16,21-22H2,1-4H3/t27?,31-,38+,47?/m1/s1. The summed E-state index contributed by atoms with van der Waals surface area (Å²) in [5, 5.41) is 21.1. The molecule has 2 saturated heterocycles. The Kier molecular flexibility index (Phi) is 8.32. The number of benzene rings is 3. The summed E-state index contributed by atoms with van der Waals surface area (Å²) in [7, 11) is 1.73. The number of rotatable bonds is 6. The molecule has 0 N–H and O–H groups in total. The Labute approximate surface area is 349 Å². The van der Waals surface area contributed by atoms with Crippen molar-refractivity contribution in [1.82, 2.24) is 38.6 Å². The van der Waals surface area contributed by atoms with Gasteiger partial charge in [-0.2, -0.15) is 15.5 Å². The topological polar surface area (TPSA) is 129 Å². The Hall–Kier alpha value is -6.46. The zero-order valence-electron chi connectivity index (χ0n) is 34.3. The van der Waals surface area contributed by atoms with Crippen molar-refractivity contribution in [2.75, 3.05) is 13.2 Å². The van der Waals surface area contributed by atoms with Gasteiger partial charge in [0.25, 0.3) is 5.91 Å². The summed E-state index contributed by atoms with van der Waals surface area (Å²) in [6.07, 6.45) is 8.76. The lowest BCUT2D eigenvalue weighted by atomic mass is 9.89. The van der Waals surface area contributed by atoms with Crippen molar-refractivity contribution in [3.05, 3.63) is 128 Å². The van der Waals surface area contributed by atoms with Crippen LogP contribution < -0.4 is 5.69 Å². The molecule has 4 atom stereocenters. The highest BCUT2D eigenvalue weighted by Crippen LogP contribution is 2.55. The monoisotopic (exact) mass is 819 g/mol. The first-order valence-electron chi connectivity index (χ1n) is 21.0. The van der Waals surface area contributed by atoms with Gasteiger partial charge in [0.15, 0.2) is 5.82 Å². The van der Waals surface area contributed by atoms with Crippen LogP contribution in [-0.2, 0) is 23.6 Å². The van der Waals surface area contributed by atoms with E-state index >= 15 is 13.6 Å². The highest BCUT2D eigenvalue weighted by molar-refractivity contribution is 6.00. The summed E-state index contributed by atoms with van der Waals surface area (Å²) in [6.45, 7) is 6.84. The molecule has 7 heterocycles. The van der Waals surface area contributed by atoms with Crippen molar-refractivity contribution in [1.29, 1.82) is 5.26 Å². The third kappa shape index (κ3) is 5.52. The van der Waals surface area contributed by atoms with Crippen molar-refractivity contribution >= 4 is 27.7 Å². The Morgan fingerprint density at radius 2 is 1.72 bits per heavy atom. The average Bonchev–Trinajstić information content (AvgIpc) is 3.65. The fourth-order valence-electron chi connectivity index (χ4n) is 10.5. The molecule has 4 aromatic heterocycles. The second-order valence-electron chi connectivity index (χ2n) is 17.5. The number of ether oxygens (including phenoxy) is 1. The quantitative estimate of drug-likeness (QED) is 0.168. The number of halogens is 2. The van der Waals surface area contributed by atoms with Crippen LogP contribution in [0, 0.1) is 42.7 Å². The van der Waals surface area contributed by atoms with Gasteiger partial charge < -0.3 is 9.64 Å². The smallest absolute Gasteiger partial charge is 0.338 e. The number of carbonyl (C=O) groups is 1. The molecule has 0 radical (unpaired) electrons. The molecule has 308 valence electrons. The van der Waals surface area contributed by atoms with E-state index < -0.39 is 23.0 Å². The van der Waals surface area contributed by atoms with Crippen LogP contribution in [0.25, 0.3) is 39.0 Å². The first-order chi connectivity index (χ1) is 29.5. The number of aromatic nitrogens is 7. The molecule has 12 nitrogen and oxygen atoms in total. The molecule has 61 heavy (non-hydrogen) atoms. The second-order valence-corrected chi connectivity index (χ2v) is 17.5. The van der Waals surface area contributed by atoms with E-state index in [9.17, 15) is 10.1 Å². The van der Waals surface area contributed by atoms with E-state index in [1.807, 2.05) is 24.0 Å². The van der Waals surface area contributed by atoms with Gasteiger partial charge in [0.2, 0.25) is 0 Å². The molecule has 3 fully saturated rings. The highest BCUT2D eigenvalue weighted by atomic mass is 19.1. The summed E-state index contributed by atoms with van der Waals surface area (Å²) in [5.41, 5.74) is 4.94. The minimum absolute atomic E-state index is 0.0319. The third-order valence-corrected chi connectivity index (χ3v) is 13.9. The van der Waals surface area contributed by atoms with Crippen LogP contribution >= 0.6 is 0 Å². The molecule has 0 spiro atoms. The number of fused-ring (bicyclic) bond motifs is 6. The number of pyridine rings is 1. The summed E-state index contributed by atoms with van der Waals surface area (Å²) < 4.78 is 42.7. The van der Waals surface area contributed by atoms with Crippen molar-refractivity contribution in [2.24, 2.45) is 13.0 Å². The number of amides is 1. The summed E-state index contributed by atoms with van der Waals surface area (Å²) in [5.74, 6) is -0.336. The lowest BCUT2D eigenvalue weighted by Gasteiger charge is -2.35. The lowest BCUT2D eigenvalue weighted by Crippen LogP contribution is -2.43. The van der Waals surface area contributed by atoms with Crippen LogP contribution in [0.15, 0.2) is 71.9 Å². The number of hydrogen-bond acceptors (Lipinski definition) is 7. The molecule has 2 bridgehead atoms. The van der Waals surface area contributed by atoms with E-state index in [-0.39, 0.29) is 34.8 Å². The SMILES string of the molecule is Cc1cc(-n2nc3c(c2-n2ccn(-c4ccc5c(cnn5C)c4F)c2=O)[C@@H]2CC[C@H](C3)N2C(=O)c2cc3ccc(C4CCOCC4)cc3nc2C2(C#N)CC2C)cc(C)c1F. The van der Waals surface area contributed by atoms with Gasteiger partial charge in [-0.3, -0.25) is 23.6 Å². The zero-order valence-corrected chi connectivity index (χ0v) is 34.3. The number of hydrogen-bond donors (Lipinski definition) is 0. The van der Waals surface area contributed by atoms with Crippen molar-refractivity contribution in [3.63, 3.8) is 0 Å². The van der Waals surface area contributed by atoms with Crippen LogP contribution in [0.5, 0.6) is 0 Å². The number of imidazole rings is 1. The number of carbonyl (C=O) groups excluding carboxylic acids is 1. The maximum absolute atomic E-state index is 16.1. The summed E-state index contributed by atoms with van der Waals surface area (Å²) in [4.78, 5) is 37.1. The van der Waals surface area contributed by atoms with Gasteiger partial charge >= 0.3 is 5.69 Å². The molecule has 1 saturated carbocycles. The maximum atomic E-state index is 16.1. The molecule has 14 heteroatoms. The maximum Gasteiger partial charge on any atom is 0.338 e. The molecule has 1 amide bonds. The first-order valence-corrected chi connectivity index (χ1v) is 21.0. The highest BCUT2D eigenvalue weighted by Gasteiger charge is 2.57. The van der Waals surface area contributed by atoms with Crippen molar-refractivity contribution < 1.29 is 18.3 Å². The molecule has 2 unspecified atom stereocenters. The first kappa shape index (κ1) is 37.5. The molecule has 1 aliphatic carbocycles. The van der Waals surface area contributed by atoms with E-state index in [0.29, 0.717) is 76.6 Å². The Bertz CT molecular complexity index is 3090. The van der Waals surface area contributed by atoms with Gasteiger partial charge in [-0.15, -0.1) is 0 Å². The number of nitriles is 1. The van der Waals surface area contributed by atoms with E-state index in [4.69, 9.17) is 14.8 Å².